The van der Waals surface area contributed by atoms with Crippen LogP contribution in [-0.4, -0.2) is 68.1 Å². The molecule has 0 aromatic carbocycles. The molecule has 0 unspecified atom stereocenters. The molecule has 0 saturated carbocycles. The van der Waals surface area contributed by atoms with Crippen molar-refractivity contribution in [2.75, 3.05) is 31.1 Å². The molecule has 0 bridgehead atoms. The van der Waals surface area contributed by atoms with Crippen molar-refractivity contribution in [1.82, 2.24) is 29.9 Å². The fourth-order valence-corrected chi connectivity index (χ4v) is 4.08. The number of fused-ring (bicyclic) bond motifs is 3. The second-order valence-corrected chi connectivity index (χ2v) is 7.08. The fourth-order valence-electron chi connectivity index (χ4n) is 4.08. The molecule has 26 heavy (non-hydrogen) atoms. The topological polar surface area (TPSA) is 89.3 Å². The largest absolute Gasteiger partial charge is 0.370 e. The number of hydrogen-bond acceptors (Lipinski definition) is 7. The van der Waals surface area contributed by atoms with E-state index in [1.807, 2.05) is 9.58 Å². The van der Waals surface area contributed by atoms with Gasteiger partial charge in [0.2, 0.25) is 0 Å². The number of nitrogens with zero attached hydrogens (tertiary/aromatic N) is 7. The van der Waals surface area contributed by atoms with E-state index >= 15 is 0 Å². The van der Waals surface area contributed by atoms with Gasteiger partial charge in [-0.05, 0) is 19.3 Å². The summed E-state index contributed by atoms with van der Waals surface area (Å²) in [6, 6.07) is 0.106. The quantitative estimate of drug-likeness (QED) is 0.781. The number of hydrogen-bond donors (Lipinski definition) is 0. The molecule has 5 heterocycles. The normalized spacial score (nSPS) is 25.1. The monoisotopic (exact) mass is 355 g/mol. The molecule has 2 atom stereocenters. The molecule has 2 fully saturated rings. The molecule has 136 valence electrons. The fraction of sp³-hybridized carbons (Fsp3) is 0.588. The van der Waals surface area contributed by atoms with Crippen molar-refractivity contribution >= 4 is 11.7 Å². The first-order valence-electron chi connectivity index (χ1n) is 9.16. The number of carbonyl (C=O) groups is 1. The van der Waals surface area contributed by atoms with Crippen molar-refractivity contribution in [1.29, 1.82) is 0 Å². The third kappa shape index (κ3) is 2.63. The zero-order valence-corrected chi connectivity index (χ0v) is 14.5. The first-order valence-corrected chi connectivity index (χ1v) is 9.16. The van der Waals surface area contributed by atoms with Crippen LogP contribution in [-0.2, 0) is 11.3 Å². The molecule has 9 heteroatoms. The lowest BCUT2D eigenvalue weighted by molar-refractivity contribution is -0.0373. The Bertz CT molecular complexity index is 817. The predicted molar refractivity (Wildman–Crippen MR) is 91.6 cm³/mol. The zero-order valence-electron chi connectivity index (χ0n) is 14.5. The van der Waals surface area contributed by atoms with E-state index in [9.17, 15) is 4.79 Å². The lowest BCUT2D eigenvalue weighted by Gasteiger charge is -2.41. The molecule has 1 amide bonds. The van der Waals surface area contributed by atoms with Gasteiger partial charge in [-0.15, -0.1) is 5.10 Å². The molecule has 3 aliphatic heterocycles. The van der Waals surface area contributed by atoms with E-state index in [0.29, 0.717) is 12.3 Å². The molecule has 2 aromatic heterocycles. The highest BCUT2D eigenvalue weighted by molar-refractivity contribution is 5.92. The molecule has 0 aliphatic carbocycles. The predicted octanol–water partition coefficient (Wildman–Crippen LogP) is 0.654. The van der Waals surface area contributed by atoms with Crippen molar-refractivity contribution in [2.45, 2.75) is 38.0 Å². The third-order valence-corrected chi connectivity index (χ3v) is 5.49. The van der Waals surface area contributed by atoms with Gasteiger partial charge in [-0.25, -0.2) is 9.67 Å². The maximum Gasteiger partial charge on any atom is 0.274 e. The van der Waals surface area contributed by atoms with Crippen molar-refractivity contribution in [2.24, 2.45) is 0 Å². The molecule has 0 radical (unpaired) electrons. The highest BCUT2D eigenvalue weighted by Crippen LogP contribution is 2.31. The zero-order chi connectivity index (χ0) is 17.5. The van der Waals surface area contributed by atoms with Gasteiger partial charge in [-0.3, -0.25) is 9.78 Å². The summed E-state index contributed by atoms with van der Waals surface area (Å²) in [5.41, 5.74) is 1.42. The standard InChI is InChI=1S/C17H21N7O2/c25-17(22-4-1-2-5-22)13-8-18-9-16(20-13)23-6-3-15-14(10-23)24-12(11-26-15)7-19-21-24/h7-9,14-15H,1-6,10-11H2/t14-,15-/m1/s1. The minimum atomic E-state index is -0.0219. The van der Waals surface area contributed by atoms with Crippen LogP contribution in [0.3, 0.4) is 0 Å². The first kappa shape index (κ1) is 15.7. The van der Waals surface area contributed by atoms with E-state index in [4.69, 9.17) is 4.74 Å². The van der Waals surface area contributed by atoms with Gasteiger partial charge in [0.15, 0.2) is 0 Å². The SMILES string of the molecule is O=C(c1cncc(N2CC[C@H]3OCc4cnnn4[C@@H]3C2)n1)N1CCCC1. The number of ether oxygens (including phenoxy) is 1. The first-order chi connectivity index (χ1) is 12.8. The van der Waals surface area contributed by atoms with Gasteiger partial charge in [0, 0.05) is 26.2 Å². The highest BCUT2D eigenvalue weighted by atomic mass is 16.5. The summed E-state index contributed by atoms with van der Waals surface area (Å²) in [5.74, 6) is 0.715. The van der Waals surface area contributed by atoms with Crippen molar-refractivity contribution in [3.63, 3.8) is 0 Å². The molecule has 0 spiro atoms. The summed E-state index contributed by atoms with van der Waals surface area (Å²) in [6.45, 7) is 3.72. The number of aromatic nitrogens is 5. The molecule has 9 nitrogen and oxygen atoms in total. The Balaban J connectivity index is 1.38. The second-order valence-electron chi connectivity index (χ2n) is 7.08. The van der Waals surface area contributed by atoms with E-state index in [-0.39, 0.29) is 18.1 Å². The van der Waals surface area contributed by atoms with Gasteiger partial charge in [0.25, 0.3) is 5.91 Å². The van der Waals surface area contributed by atoms with Gasteiger partial charge < -0.3 is 14.5 Å². The van der Waals surface area contributed by atoms with E-state index < -0.39 is 0 Å². The average molecular weight is 355 g/mol. The number of amides is 1. The summed E-state index contributed by atoms with van der Waals surface area (Å²) < 4.78 is 7.92. The number of rotatable bonds is 2. The van der Waals surface area contributed by atoms with Crippen molar-refractivity contribution in [3.05, 3.63) is 30.0 Å². The van der Waals surface area contributed by atoms with Crippen LogP contribution in [0.5, 0.6) is 0 Å². The number of anilines is 1. The molecular weight excluding hydrogens is 334 g/mol. The Morgan fingerprint density at radius 2 is 2.04 bits per heavy atom. The van der Waals surface area contributed by atoms with Gasteiger partial charge in [0.1, 0.15) is 11.5 Å². The molecule has 2 aromatic rings. The van der Waals surface area contributed by atoms with Gasteiger partial charge >= 0.3 is 0 Å². The maximum absolute atomic E-state index is 12.6. The van der Waals surface area contributed by atoms with Gasteiger partial charge in [-0.2, -0.15) is 0 Å². The minimum Gasteiger partial charge on any atom is -0.370 e. The minimum absolute atomic E-state index is 0.0219. The molecule has 2 saturated heterocycles. The lowest BCUT2D eigenvalue weighted by atomic mass is 10.0. The average Bonchev–Trinajstić information content (AvgIpc) is 3.39. The Hall–Kier alpha value is -2.55. The summed E-state index contributed by atoms with van der Waals surface area (Å²) in [7, 11) is 0. The van der Waals surface area contributed by atoms with E-state index in [1.165, 1.54) is 0 Å². The van der Waals surface area contributed by atoms with Crippen LogP contribution in [0.4, 0.5) is 5.82 Å². The molecular formula is C17H21N7O2. The maximum atomic E-state index is 12.6. The Kier molecular flexibility index (Phi) is 3.81. The van der Waals surface area contributed by atoms with Crippen LogP contribution >= 0.6 is 0 Å². The third-order valence-electron chi connectivity index (χ3n) is 5.49. The van der Waals surface area contributed by atoms with E-state index in [2.05, 4.69) is 25.2 Å². The van der Waals surface area contributed by atoms with E-state index in [1.54, 1.807) is 18.6 Å². The smallest absolute Gasteiger partial charge is 0.274 e. The summed E-state index contributed by atoms with van der Waals surface area (Å²) in [5, 5.41) is 8.24. The van der Waals surface area contributed by atoms with E-state index in [0.717, 1.165) is 57.0 Å². The van der Waals surface area contributed by atoms with Crippen LogP contribution in [0.15, 0.2) is 18.6 Å². The Labute approximate surface area is 151 Å². The van der Waals surface area contributed by atoms with Gasteiger partial charge in [0.05, 0.1) is 43.0 Å². The van der Waals surface area contributed by atoms with Crippen molar-refractivity contribution < 1.29 is 9.53 Å². The highest BCUT2D eigenvalue weighted by Gasteiger charge is 2.37. The number of likely N-dealkylation sites (tertiary alicyclic amines) is 1. The Morgan fingerprint density at radius 3 is 2.92 bits per heavy atom. The number of carbonyl (C=O) groups excluding carboxylic acids is 1. The van der Waals surface area contributed by atoms with Crippen LogP contribution in [0.25, 0.3) is 0 Å². The molecule has 0 N–H and O–H groups in total. The van der Waals surface area contributed by atoms with Crippen LogP contribution in [0, 0.1) is 0 Å². The summed E-state index contributed by atoms with van der Waals surface area (Å²) in [4.78, 5) is 25.5. The van der Waals surface area contributed by atoms with Crippen molar-refractivity contribution in [3.8, 4) is 0 Å². The van der Waals surface area contributed by atoms with Crippen LogP contribution < -0.4 is 4.90 Å². The number of piperidine rings is 1. The lowest BCUT2D eigenvalue weighted by Crippen LogP contribution is -2.48. The molecule has 5 rings (SSSR count). The molecule has 3 aliphatic rings. The summed E-state index contributed by atoms with van der Waals surface area (Å²) in [6.07, 6.45) is 8.20. The van der Waals surface area contributed by atoms with Gasteiger partial charge in [-0.1, -0.05) is 5.21 Å². The van der Waals surface area contributed by atoms with Crippen LogP contribution in [0.1, 0.15) is 41.5 Å². The van der Waals surface area contributed by atoms with Crippen LogP contribution in [0.2, 0.25) is 0 Å². The second kappa shape index (κ2) is 6.31. The Morgan fingerprint density at radius 1 is 1.15 bits per heavy atom. The summed E-state index contributed by atoms with van der Waals surface area (Å²) >= 11 is 0.